The Balaban J connectivity index is 0.00000450. The van der Waals surface area contributed by atoms with Gasteiger partial charge in [-0.15, -0.1) is 24.0 Å². The summed E-state index contributed by atoms with van der Waals surface area (Å²) in [4.78, 5) is 21.2. The van der Waals surface area contributed by atoms with Crippen LogP contribution in [0.25, 0.3) is 10.9 Å². The first kappa shape index (κ1) is 25.9. The van der Waals surface area contributed by atoms with E-state index in [1.165, 1.54) is 0 Å². The number of carbonyl (C=O) groups excluding carboxylic acids is 1. The Hall–Kier alpha value is -2.10. The van der Waals surface area contributed by atoms with Gasteiger partial charge in [0.05, 0.1) is 17.6 Å². The van der Waals surface area contributed by atoms with E-state index in [4.69, 9.17) is 4.74 Å². The van der Waals surface area contributed by atoms with E-state index in [1.54, 1.807) is 6.20 Å². The van der Waals surface area contributed by atoms with Crippen LogP contribution in [-0.4, -0.2) is 41.3 Å². The second kappa shape index (κ2) is 11.3. The standard InChI is InChI=1S/C22H33N5O2.HI/c1-7-23-19(26-15-22(5,6)27-20(28)29-21(2,3)4)25-14-17-11-8-10-16-12-9-13-24-18(16)17;/h8-13H,7,14-15H2,1-6H3,(H,27,28)(H2,23,25,26);1H. The zero-order valence-electron chi connectivity index (χ0n) is 18.7. The van der Waals surface area contributed by atoms with E-state index in [2.05, 4.69) is 25.9 Å². The second-order valence-corrected chi connectivity index (χ2v) is 8.55. The summed E-state index contributed by atoms with van der Waals surface area (Å²) in [6.45, 7) is 13.1. The number of nitrogens with zero attached hydrogens (tertiary/aromatic N) is 2. The van der Waals surface area contributed by atoms with Gasteiger partial charge < -0.3 is 20.7 Å². The van der Waals surface area contributed by atoms with E-state index in [1.807, 2.05) is 71.9 Å². The Kier molecular flexibility index (Phi) is 9.80. The summed E-state index contributed by atoms with van der Waals surface area (Å²) in [5.74, 6) is 0.680. The molecule has 0 bridgehead atoms. The molecule has 1 heterocycles. The number of ether oxygens (including phenoxy) is 1. The van der Waals surface area contributed by atoms with Crippen molar-refractivity contribution in [2.45, 2.75) is 59.2 Å². The monoisotopic (exact) mass is 527 g/mol. The molecule has 1 aromatic heterocycles. The van der Waals surface area contributed by atoms with E-state index >= 15 is 0 Å². The van der Waals surface area contributed by atoms with Gasteiger partial charge in [-0.2, -0.15) is 0 Å². The van der Waals surface area contributed by atoms with Gasteiger partial charge in [-0.1, -0.05) is 24.3 Å². The average Bonchev–Trinajstić information content (AvgIpc) is 2.62. The SMILES string of the molecule is CCNC(=NCc1cccc2cccnc12)NCC(C)(C)NC(=O)OC(C)(C)C.I. The van der Waals surface area contributed by atoms with Gasteiger partial charge in [-0.3, -0.25) is 4.98 Å². The molecule has 1 amide bonds. The molecule has 166 valence electrons. The first-order valence-corrected chi connectivity index (χ1v) is 9.95. The summed E-state index contributed by atoms with van der Waals surface area (Å²) >= 11 is 0. The van der Waals surface area contributed by atoms with Crippen molar-refractivity contribution in [1.82, 2.24) is 20.9 Å². The van der Waals surface area contributed by atoms with Crippen molar-refractivity contribution >= 4 is 46.9 Å². The van der Waals surface area contributed by atoms with Crippen LogP contribution in [0.2, 0.25) is 0 Å². The lowest BCUT2D eigenvalue weighted by atomic mass is 10.1. The Bertz CT molecular complexity index is 857. The fourth-order valence-electron chi connectivity index (χ4n) is 2.73. The van der Waals surface area contributed by atoms with Crippen molar-refractivity contribution in [3.05, 3.63) is 42.1 Å². The van der Waals surface area contributed by atoms with Crippen LogP contribution in [0, 0.1) is 0 Å². The third kappa shape index (κ3) is 8.73. The summed E-state index contributed by atoms with van der Waals surface area (Å²) in [7, 11) is 0. The predicted octanol–water partition coefficient (Wildman–Crippen LogP) is 4.21. The molecule has 7 nitrogen and oxygen atoms in total. The van der Waals surface area contributed by atoms with Gasteiger partial charge in [0, 0.05) is 24.7 Å². The summed E-state index contributed by atoms with van der Waals surface area (Å²) in [5, 5.41) is 10.5. The number of hydrogen-bond acceptors (Lipinski definition) is 4. The number of halogens is 1. The number of pyridine rings is 1. The molecule has 2 aromatic rings. The first-order valence-electron chi connectivity index (χ1n) is 9.95. The summed E-state index contributed by atoms with van der Waals surface area (Å²) < 4.78 is 5.34. The van der Waals surface area contributed by atoms with E-state index in [9.17, 15) is 4.79 Å². The molecule has 0 radical (unpaired) electrons. The molecule has 0 saturated heterocycles. The minimum absolute atomic E-state index is 0. The lowest BCUT2D eigenvalue weighted by molar-refractivity contribution is 0.0474. The van der Waals surface area contributed by atoms with E-state index in [0.717, 1.165) is 23.0 Å². The second-order valence-electron chi connectivity index (χ2n) is 8.55. The van der Waals surface area contributed by atoms with Gasteiger partial charge in [0.25, 0.3) is 0 Å². The van der Waals surface area contributed by atoms with Crippen molar-refractivity contribution in [2.24, 2.45) is 4.99 Å². The van der Waals surface area contributed by atoms with Gasteiger partial charge in [0.2, 0.25) is 0 Å². The maximum atomic E-state index is 12.1. The normalized spacial score (nSPS) is 12.1. The third-order valence-electron chi connectivity index (χ3n) is 4.01. The molecule has 0 saturated carbocycles. The molecule has 0 fully saturated rings. The predicted molar refractivity (Wildman–Crippen MR) is 133 cm³/mol. The zero-order valence-corrected chi connectivity index (χ0v) is 21.0. The third-order valence-corrected chi connectivity index (χ3v) is 4.01. The van der Waals surface area contributed by atoms with E-state index in [0.29, 0.717) is 19.0 Å². The quantitative estimate of drug-likeness (QED) is 0.298. The molecule has 0 aliphatic heterocycles. The highest BCUT2D eigenvalue weighted by molar-refractivity contribution is 14.0. The Morgan fingerprint density at radius 1 is 1.10 bits per heavy atom. The van der Waals surface area contributed by atoms with Crippen molar-refractivity contribution in [3.8, 4) is 0 Å². The molecule has 0 unspecified atom stereocenters. The summed E-state index contributed by atoms with van der Waals surface area (Å²) in [5.41, 5.74) is 0.976. The fraction of sp³-hybridized carbons (Fsp3) is 0.500. The number of aliphatic imine (C=N–C) groups is 1. The number of para-hydroxylation sites is 1. The van der Waals surface area contributed by atoms with Gasteiger partial charge in [-0.25, -0.2) is 9.79 Å². The van der Waals surface area contributed by atoms with Crippen LogP contribution >= 0.6 is 24.0 Å². The van der Waals surface area contributed by atoms with Crippen LogP contribution < -0.4 is 16.0 Å². The number of rotatable bonds is 6. The molecular formula is C22H34IN5O2. The number of alkyl carbamates (subject to hydrolysis) is 1. The number of aromatic nitrogens is 1. The lowest BCUT2D eigenvalue weighted by Gasteiger charge is -2.29. The number of nitrogens with one attached hydrogen (secondary N) is 3. The minimum atomic E-state index is -0.531. The molecule has 0 spiro atoms. The van der Waals surface area contributed by atoms with Gasteiger partial charge in [-0.05, 0) is 53.2 Å². The molecular weight excluding hydrogens is 493 g/mol. The van der Waals surface area contributed by atoms with Gasteiger partial charge >= 0.3 is 6.09 Å². The number of guanidine groups is 1. The molecule has 3 N–H and O–H groups in total. The maximum Gasteiger partial charge on any atom is 0.408 e. The molecule has 30 heavy (non-hydrogen) atoms. The van der Waals surface area contributed by atoms with E-state index in [-0.39, 0.29) is 24.0 Å². The van der Waals surface area contributed by atoms with Crippen LogP contribution in [0.5, 0.6) is 0 Å². The van der Waals surface area contributed by atoms with Crippen LogP contribution in [0.3, 0.4) is 0 Å². The molecule has 1 aromatic carbocycles. The summed E-state index contributed by atoms with van der Waals surface area (Å²) in [6, 6.07) is 10.1. The molecule has 0 aliphatic carbocycles. The minimum Gasteiger partial charge on any atom is -0.444 e. The topological polar surface area (TPSA) is 87.6 Å². The number of benzene rings is 1. The fourth-order valence-corrected chi connectivity index (χ4v) is 2.73. The van der Waals surface area contributed by atoms with Crippen LogP contribution in [0.4, 0.5) is 4.79 Å². The van der Waals surface area contributed by atoms with E-state index < -0.39 is 17.2 Å². The van der Waals surface area contributed by atoms with Crippen molar-refractivity contribution < 1.29 is 9.53 Å². The number of fused-ring (bicyclic) bond motifs is 1. The Morgan fingerprint density at radius 2 is 1.80 bits per heavy atom. The zero-order chi connectivity index (χ0) is 21.5. The van der Waals surface area contributed by atoms with Crippen molar-refractivity contribution in [1.29, 1.82) is 0 Å². The molecule has 8 heteroatoms. The molecule has 0 aliphatic rings. The number of hydrogen-bond donors (Lipinski definition) is 3. The first-order chi connectivity index (χ1) is 13.6. The smallest absolute Gasteiger partial charge is 0.408 e. The van der Waals surface area contributed by atoms with Crippen LogP contribution in [-0.2, 0) is 11.3 Å². The van der Waals surface area contributed by atoms with Crippen LogP contribution in [0.1, 0.15) is 47.1 Å². The molecule has 0 atom stereocenters. The Labute approximate surface area is 196 Å². The van der Waals surface area contributed by atoms with Gasteiger partial charge in [0.15, 0.2) is 5.96 Å². The van der Waals surface area contributed by atoms with Crippen molar-refractivity contribution in [3.63, 3.8) is 0 Å². The Morgan fingerprint density at radius 3 is 2.47 bits per heavy atom. The summed E-state index contributed by atoms with van der Waals surface area (Å²) in [6.07, 6.45) is 1.36. The average molecular weight is 527 g/mol. The largest absolute Gasteiger partial charge is 0.444 e. The molecule has 2 rings (SSSR count). The number of amides is 1. The highest BCUT2D eigenvalue weighted by Gasteiger charge is 2.24. The highest BCUT2D eigenvalue weighted by atomic mass is 127. The number of carbonyl (C=O) groups is 1. The highest BCUT2D eigenvalue weighted by Crippen LogP contribution is 2.16. The van der Waals surface area contributed by atoms with Crippen LogP contribution in [0.15, 0.2) is 41.5 Å². The maximum absolute atomic E-state index is 12.1. The lowest BCUT2D eigenvalue weighted by Crippen LogP contribution is -2.54. The van der Waals surface area contributed by atoms with Crippen molar-refractivity contribution in [2.75, 3.05) is 13.1 Å². The van der Waals surface area contributed by atoms with Gasteiger partial charge in [0.1, 0.15) is 5.60 Å².